The maximum atomic E-state index is 13.7. The van der Waals surface area contributed by atoms with Crippen molar-refractivity contribution in [3.8, 4) is 0 Å². The molecule has 3 heterocycles. The molecule has 0 spiro atoms. The Morgan fingerprint density at radius 2 is 1.94 bits per heavy atom. The fraction of sp³-hybridized carbons (Fsp3) is 0.360. The van der Waals surface area contributed by atoms with Crippen LogP contribution in [0, 0.1) is 0 Å². The summed E-state index contributed by atoms with van der Waals surface area (Å²) >= 11 is 0. The molecule has 2 aliphatic heterocycles. The number of carbonyl (C=O) groups excluding carboxylic acids is 4. The van der Waals surface area contributed by atoms with Gasteiger partial charge in [-0.15, -0.1) is 0 Å². The first-order chi connectivity index (χ1) is 17.4. The van der Waals surface area contributed by atoms with E-state index >= 15 is 0 Å². The first-order valence-electron chi connectivity index (χ1n) is 11.6. The largest absolute Gasteiger partial charge is 0.481 e. The second-order valence-corrected chi connectivity index (χ2v) is 8.65. The van der Waals surface area contributed by atoms with E-state index in [9.17, 15) is 24.0 Å². The molecule has 11 heteroatoms. The van der Waals surface area contributed by atoms with Gasteiger partial charge in [-0.25, -0.2) is 0 Å². The fourth-order valence-corrected chi connectivity index (χ4v) is 4.46. The summed E-state index contributed by atoms with van der Waals surface area (Å²) in [6.45, 7) is 0.0691. The number of fused-ring (bicyclic) bond motifs is 2. The van der Waals surface area contributed by atoms with Crippen LogP contribution in [0.1, 0.15) is 29.8 Å². The van der Waals surface area contributed by atoms with Gasteiger partial charge in [-0.3, -0.25) is 24.2 Å². The summed E-state index contributed by atoms with van der Waals surface area (Å²) < 4.78 is 5.56. The SMILES string of the molecule is O=C[C@H](CC(=O)O)NC(=O)[C@@H]1COC[C@@H]2C/C=C\C[C@H](NC(=O)c3nccc4ccccc34)C(=O)N21. The molecule has 2 aromatic rings. The minimum atomic E-state index is -1.25. The van der Waals surface area contributed by atoms with E-state index in [1.54, 1.807) is 24.3 Å². The van der Waals surface area contributed by atoms with Gasteiger partial charge in [-0.1, -0.05) is 36.4 Å². The Morgan fingerprint density at radius 1 is 1.17 bits per heavy atom. The van der Waals surface area contributed by atoms with Crippen LogP contribution in [-0.4, -0.2) is 82.3 Å². The third kappa shape index (κ3) is 5.41. The number of rotatable bonds is 7. The van der Waals surface area contributed by atoms with E-state index in [1.165, 1.54) is 11.1 Å². The van der Waals surface area contributed by atoms with Gasteiger partial charge in [0.1, 0.15) is 24.1 Å². The minimum Gasteiger partial charge on any atom is -0.481 e. The van der Waals surface area contributed by atoms with Crippen molar-refractivity contribution in [2.45, 2.75) is 43.4 Å². The molecule has 1 fully saturated rings. The van der Waals surface area contributed by atoms with Crippen LogP contribution in [0.5, 0.6) is 0 Å². The lowest BCUT2D eigenvalue weighted by Gasteiger charge is -2.43. The van der Waals surface area contributed by atoms with Crippen molar-refractivity contribution in [1.82, 2.24) is 20.5 Å². The summed E-state index contributed by atoms with van der Waals surface area (Å²) in [7, 11) is 0. The highest BCUT2D eigenvalue weighted by atomic mass is 16.5. The highest BCUT2D eigenvalue weighted by molar-refractivity contribution is 6.06. The van der Waals surface area contributed by atoms with Crippen LogP contribution in [0.25, 0.3) is 10.8 Å². The predicted octanol–water partition coefficient (Wildman–Crippen LogP) is 0.438. The second kappa shape index (κ2) is 11.1. The average molecular weight is 495 g/mol. The van der Waals surface area contributed by atoms with Gasteiger partial charge in [0, 0.05) is 11.6 Å². The minimum absolute atomic E-state index is 0.123. The van der Waals surface area contributed by atoms with E-state index in [0.717, 1.165) is 5.39 Å². The van der Waals surface area contributed by atoms with Crippen molar-refractivity contribution < 1.29 is 33.8 Å². The molecule has 2 aliphatic rings. The molecule has 4 rings (SSSR count). The molecule has 0 radical (unpaired) electrons. The van der Waals surface area contributed by atoms with Gasteiger partial charge in [-0.05, 0) is 24.3 Å². The van der Waals surface area contributed by atoms with E-state index in [1.807, 2.05) is 18.2 Å². The van der Waals surface area contributed by atoms with Gasteiger partial charge < -0.3 is 30.2 Å². The predicted molar refractivity (Wildman–Crippen MR) is 127 cm³/mol. The number of morpholine rings is 1. The zero-order chi connectivity index (χ0) is 25.7. The van der Waals surface area contributed by atoms with E-state index in [4.69, 9.17) is 9.84 Å². The van der Waals surface area contributed by atoms with Gasteiger partial charge in [0.15, 0.2) is 0 Å². The number of carboxylic acids is 1. The number of nitrogens with zero attached hydrogens (tertiary/aromatic N) is 2. The maximum absolute atomic E-state index is 13.7. The molecule has 3 amide bonds. The van der Waals surface area contributed by atoms with E-state index in [0.29, 0.717) is 18.1 Å². The van der Waals surface area contributed by atoms with Crippen LogP contribution in [0.2, 0.25) is 0 Å². The summed E-state index contributed by atoms with van der Waals surface area (Å²) in [5.41, 5.74) is 0.183. The number of nitrogens with one attached hydrogen (secondary N) is 2. The Labute approximate surface area is 206 Å². The lowest BCUT2D eigenvalue weighted by atomic mass is 9.99. The smallest absolute Gasteiger partial charge is 0.305 e. The normalized spacial score (nSPS) is 23.5. The number of benzene rings is 1. The van der Waals surface area contributed by atoms with E-state index < -0.39 is 54.3 Å². The van der Waals surface area contributed by atoms with Crippen molar-refractivity contribution in [2.75, 3.05) is 13.2 Å². The number of carbonyl (C=O) groups is 5. The number of amides is 3. The molecule has 0 unspecified atom stereocenters. The monoisotopic (exact) mass is 494 g/mol. The van der Waals surface area contributed by atoms with Crippen molar-refractivity contribution in [3.63, 3.8) is 0 Å². The topological polar surface area (TPSA) is 155 Å². The Balaban J connectivity index is 1.57. The molecule has 0 saturated carbocycles. The molecule has 3 N–H and O–H groups in total. The van der Waals surface area contributed by atoms with E-state index in [2.05, 4.69) is 15.6 Å². The lowest BCUT2D eigenvalue weighted by Crippen LogP contribution is -2.64. The first kappa shape index (κ1) is 25.0. The summed E-state index contributed by atoms with van der Waals surface area (Å²) in [5.74, 6) is -2.94. The highest BCUT2D eigenvalue weighted by Gasteiger charge is 2.42. The fourth-order valence-electron chi connectivity index (χ4n) is 4.46. The Bertz CT molecular complexity index is 1210. The maximum Gasteiger partial charge on any atom is 0.305 e. The third-order valence-corrected chi connectivity index (χ3v) is 6.20. The quantitative estimate of drug-likeness (QED) is 0.370. The number of pyridine rings is 1. The summed E-state index contributed by atoms with van der Waals surface area (Å²) in [5, 5.41) is 15.6. The highest BCUT2D eigenvalue weighted by Crippen LogP contribution is 2.23. The molecular weight excluding hydrogens is 468 g/mol. The van der Waals surface area contributed by atoms with Crippen LogP contribution in [0.4, 0.5) is 0 Å². The number of aromatic nitrogens is 1. The van der Waals surface area contributed by atoms with Crippen LogP contribution in [0.15, 0.2) is 48.7 Å². The zero-order valence-electron chi connectivity index (χ0n) is 19.3. The number of aldehydes is 1. The first-order valence-corrected chi connectivity index (χ1v) is 11.6. The van der Waals surface area contributed by atoms with Gasteiger partial charge in [0.05, 0.1) is 31.7 Å². The van der Waals surface area contributed by atoms with Gasteiger partial charge >= 0.3 is 5.97 Å². The molecule has 1 saturated heterocycles. The molecule has 36 heavy (non-hydrogen) atoms. The van der Waals surface area contributed by atoms with Crippen LogP contribution < -0.4 is 10.6 Å². The number of hydrogen-bond acceptors (Lipinski definition) is 7. The second-order valence-electron chi connectivity index (χ2n) is 8.65. The zero-order valence-corrected chi connectivity index (χ0v) is 19.3. The summed E-state index contributed by atoms with van der Waals surface area (Å²) in [4.78, 5) is 67.7. The van der Waals surface area contributed by atoms with Crippen molar-refractivity contribution >= 4 is 40.7 Å². The Morgan fingerprint density at radius 3 is 2.72 bits per heavy atom. The molecule has 0 bridgehead atoms. The van der Waals surface area contributed by atoms with Crippen molar-refractivity contribution in [2.24, 2.45) is 0 Å². The number of aliphatic carboxylic acids is 1. The van der Waals surface area contributed by atoms with Crippen molar-refractivity contribution in [1.29, 1.82) is 0 Å². The molecule has 1 aromatic heterocycles. The number of ether oxygens (including phenoxy) is 1. The van der Waals surface area contributed by atoms with Crippen LogP contribution in [0.3, 0.4) is 0 Å². The van der Waals surface area contributed by atoms with Crippen molar-refractivity contribution in [3.05, 3.63) is 54.4 Å². The van der Waals surface area contributed by atoms with Crippen LogP contribution in [-0.2, 0) is 23.9 Å². The molecule has 0 aliphatic carbocycles. The molecule has 4 atom stereocenters. The summed E-state index contributed by atoms with van der Waals surface area (Å²) in [6.07, 6.45) is 5.59. The van der Waals surface area contributed by atoms with Crippen LogP contribution >= 0.6 is 0 Å². The van der Waals surface area contributed by atoms with E-state index in [-0.39, 0.29) is 25.3 Å². The number of carboxylic acid groups (broad SMARTS) is 1. The lowest BCUT2D eigenvalue weighted by molar-refractivity contribution is -0.156. The van der Waals surface area contributed by atoms with Gasteiger partial charge in [0.25, 0.3) is 5.91 Å². The Kier molecular flexibility index (Phi) is 7.69. The standard InChI is InChI=1S/C25H26N4O7/c30-12-16(11-21(31)32)27-23(33)20-14-36-13-17-6-2-4-8-19(25(35)29(17)20)28-24(34)22-18-7-3-1-5-15(18)9-10-26-22/h1-5,7,9-10,12,16-17,19-20H,6,8,11,13-14H2,(H,27,33)(H,28,34)(H,31,32)/b4-2-/t16-,17-,19-,20-/m0/s1. The van der Waals surface area contributed by atoms with Gasteiger partial charge in [-0.2, -0.15) is 0 Å². The third-order valence-electron chi connectivity index (χ3n) is 6.20. The molecular formula is C25H26N4O7. The number of hydrogen-bond donors (Lipinski definition) is 3. The van der Waals surface area contributed by atoms with Gasteiger partial charge in [0.2, 0.25) is 11.8 Å². The summed E-state index contributed by atoms with van der Waals surface area (Å²) in [6, 6.07) is 5.29. The molecule has 188 valence electrons. The molecule has 11 nitrogen and oxygen atoms in total. The average Bonchev–Trinajstić information content (AvgIpc) is 2.87. The Hall–Kier alpha value is -4.12. The molecule has 1 aromatic carbocycles.